The van der Waals surface area contributed by atoms with E-state index in [1.54, 1.807) is 12.1 Å². The standard InChI is InChI=1S/C13H16O6S/c1-4-7-18-12-6-5-10(13(14)17-2)8-11(12)9-19-20(3,15)16/h4-6,8H,1,7,9H2,2-3H3. The Labute approximate surface area is 118 Å². The SMILES string of the molecule is C=CCOc1ccc(C(=O)OC)cc1COS(C)(=O)=O. The molecule has 0 spiro atoms. The molecule has 0 atom stereocenters. The minimum Gasteiger partial charge on any atom is -0.489 e. The van der Waals surface area contributed by atoms with Gasteiger partial charge in [0.05, 0.1) is 25.5 Å². The minimum atomic E-state index is -3.59. The van der Waals surface area contributed by atoms with E-state index in [4.69, 9.17) is 8.92 Å². The van der Waals surface area contributed by atoms with Crippen LogP contribution >= 0.6 is 0 Å². The lowest BCUT2D eigenvalue weighted by Gasteiger charge is -2.11. The molecule has 0 N–H and O–H groups in total. The summed E-state index contributed by atoms with van der Waals surface area (Å²) in [5.74, 6) is -0.109. The van der Waals surface area contributed by atoms with Crippen molar-refractivity contribution in [3.05, 3.63) is 42.0 Å². The molecule has 20 heavy (non-hydrogen) atoms. The van der Waals surface area contributed by atoms with Crippen LogP contribution in [0.15, 0.2) is 30.9 Å². The van der Waals surface area contributed by atoms with E-state index >= 15 is 0 Å². The summed E-state index contributed by atoms with van der Waals surface area (Å²) >= 11 is 0. The van der Waals surface area contributed by atoms with Gasteiger partial charge in [-0.15, -0.1) is 0 Å². The first-order valence-electron chi connectivity index (χ1n) is 5.66. The highest BCUT2D eigenvalue weighted by atomic mass is 32.2. The topological polar surface area (TPSA) is 78.9 Å². The Morgan fingerprint density at radius 2 is 2.10 bits per heavy atom. The Morgan fingerprint density at radius 1 is 1.40 bits per heavy atom. The van der Waals surface area contributed by atoms with Crippen molar-refractivity contribution in [1.29, 1.82) is 0 Å². The van der Waals surface area contributed by atoms with Crippen LogP contribution in [0.1, 0.15) is 15.9 Å². The van der Waals surface area contributed by atoms with Crippen LogP contribution in [0.4, 0.5) is 0 Å². The molecule has 0 saturated carbocycles. The van der Waals surface area contributed by atoms with Gasteiger partial charge in [0.2, 0.25) is 0 Å². The molecule has 0 aliphatic heterocycles. The van der Waals surface area contributed by atoms with Gasteiger partial charge in [0, 0.05) is 5.56 Å². The third-order valence-corrected chi connectivity index (χ3v) is 2.81. The maximum absolute atomic E-state index is 11.5. The summed E-state index contributed by atoms with van der Waals surface area (Å²) < 4.78 is 36.8. The molecular formula is C13H16O6S. The molecule has 1 aromatic rings. The van der Waals surface area contributed by atoms with E-state index in [9.17, 15) is 13.2 Å². The van der Waals surface area contributed by atoms with E-state index in [0.29, 0.717) is 11.3 Å². The van der Waals surface area contributed by atoms with Gasteiger partial charge in [0.25, 0.3) is 10.1 Å². The number of ether oxygens (including phenoxy) is 2. The second kappa shape index (κ2) is 7.06. The van der Waals surface area contributed by atoms with Gasteiger partial charge in [-0.25, -0.2) is 4.79 Å². The zero-order chi connectivity index (χ0) is 15.2. The molecule has 0 radical (unpaired) electrons. The lowest BCUT2D eigenvalue weighted by Crippen LogP contribution is -2.07. The predicted molar refractivity (Wildman–Crippen MR) is 73.1 cm³/mol. The summed E-state index contributed by atoms with van der Waals surface area (Å²) in [6.45, 7) is 3.55. The first-order chi connectivity index (χ1) is 9.37. The number of carbonyl (C=O) groups is 1. The minimum absolute atomic E-state index is 0.226. The fourth-order valence-electron chi connectivity index (χ4n) is 1.40. The Morgan fingerprint density at radius 3 is 2.65 bits per heavy atom. The van der Waals surface area contributed by atoms with Crippen LogP contribution in [-0.2, 0) is 25.6 Å². The maximum Gasteiger partial charge on any atom is 0.337 e. The van der Waals surface area contributed by atoms with Crippen LogP contribution < -0.4 is 4.74 Å². The van der Waals surface area contributed by atoms with Crippen LogP contribution in [0.25, 0.3) is 0 Å². The number of esters is 1. The molecule has 7 heteroatoms. The van der Waals surface area contributed by atoms with Gasteiger partial charge >= 0.3 is 5.97 Å². The molecule has 0 aliphatic rings. The first-order valence-corrected chi connectivity index (χ1v) is 7.48. The molecule has 6 nitrogen and oxygen atoms in total. The van der Waals surface area contributed by atoms with Gasteiger partial charge < -0.3 is 9.47 Å². The summed E-state index contributed by atoms with van der Waals surface area (Å²) in [6.07, 6.45) is 2.50. The average molecular weight is 300 g/mol. The van der Waals surface area contributed by atoms with Gasteiger partial charge in [-0.3, -0.25) is 4.18 Å². The number of hydrogen-bond donors (Lipinski definition) is 0. The molecule has 0 unspecified atom stereocenters. The molecule has 0 bridgehead atoms. The molecule has 0 heterocycles. The van der Waals surface area contributed by atoms with E-state index < -0.39 is 16.1 Å². The van der Waals surface area contributed by atoms with Crippen LogP contribution in [-0.4, -0.2) is 34.4 Å². The van der Waals surface area contributed by atoms with E-state index in [0.717, 1.165) is 6.26 Å². The largest absolute Gasteiger partial charge is 0.489 e. The second-order valence-electron chi connectivity index (χ2n) is 3.88. The van der Waals surface area contributed by atoms with Gasteiger partial charge in [-0.1, -0.05) is 12.7 Å². The maximum atomic E-state index is 11.5. The van der Waals surface area contributed by atoms with Crippen molar-refractivity contribution in [2.75, 3.05) is 20.0 Å². The number of methoxy groups -OCH3 is 1. The average Bonchev–Trinajstić information content (AvgIpc) is 2.41. The Kier molecular flexibility index (Phi) is 5.72. The summed E-state index contributed by atoms with van der Waals surface area (Å²) in [5.41, 5.74) is 0.714. The van der Waals surface area contributed by atoms with Crippen molar-refractivity contribution in [2.24, 2.45) is 0 Å². The highest BCUT2D eigenvalue weighted by Crippen LogP contribution is 2.22. The van der Waals surface area contributed by atoms with Gasteiger partial charge in [-0.05, 0) is 18.2 Å². The third kappa shape index (κ3) is 5.02. The zero-order valence-electron chi connectivity index (χ0n) is 11.3. The van der Waals surface area contributed by atoms with E-state index in [1.807, 2.05) is 0 Å². The molecule has 0 fully saturated rings. The molecule has 0 saturated heterocycles. The van der Waals surface area contributed by atoms with Crippen LogP contribution in [0, 0.1) is 0 Å². The predicted octanol–water partition coefficient (Wildman–Crippen LogP) is 1.51. The fraction of sp³-hybridized carbons (Fsp3) is 0.308. The Hall–Kier alpha value is -1.86. The number of hydrogen-bond acceptors (Lipinski definition) is 6. The third-order valence-electron chi connectivity index (χ3n) is 2.27. The monoisotopic (exact) mass is 300 g/mol. The smallest absolute Gasteiger partial charge is 0.337 e. The van der Waals surface area contributed by atoms with E-state index in [1.165, 1.54) is 19.2 Å². The van der Waals surface area contributed by atoms with Crippen LogP contribution in [0.2, 0.25) is 0 Å². The summed E-state index contributed by atoms with van der Waals surface area (Å²) in [5, 5.41) is 0. The molecule has 1 rings (SSSR count). The molecular weight excluding hydrogens is 284 g/mol. The van der Waals surface area contributed by atoms with E-state index in [-0.39, 0.29) is 18.8 Å². The Bertz CT molecular complexity index is 591. The molecule has 110 valence electrons. The fourth-order valence-corrected chi connectivity index (χ4v) is 1.74. The van der Waals surface area contributed by atoms with Crippen molar-refractivity contribution < 1.29 is 26.9 Å². The highest BCUT2D eigenvalue weighted by molar-refractivity contribution is 7.85. The lowest BCUT2D eigenvalue weighted by molar-refractivity contribution is 0.0600. The quantitative estimate of drug-likeness (QED) is 0.431. The molecule has 0 amide bonds. The summed E-state index contributed by atoms with van der Waals surface area (Å²) in [4.78, 5) is 11.5. The van der Waals surface area contributed by atoms with Crippen molar-refractivity contribution in [2.45, 2.75) is 6.61 Å². The summed E-state index contributed by atoms with van der Waals surface area (Å²) in [7, 11) is -2.33. The summed E-state index contributed by atoms with van der Waals surface area (Å²) in [6, 6.07) is 4.54. The molecule has 1 aromatic carbocycles. The van der Waals surface area contributed by atoms with Crippen molar-refractivity contribution >= 4 is 16.1 Å². The zero-order valence-corrected chi connectivity index (χ0v) is 12.1. The molecule has 0 aromatic heterocycles. The Balaban J connectivity index is 3.04. The number of rotatable bonds is 7. The van der Waals surface area contributed by atoms with Crippen molar-refractivity contribution in [3.8, 4) is 5.75 Å². The van der Waals surface area contributed by atoms with Crippen LogP contribution in [0.3, 0.4) is 0 Å². The van der Waals surface area contributed by atoms with Crippen LogP contribution in [0.5, 0.6) is 5.75 Å². The van der Waals surface area contributed by atoms with Gasteiger partial charge in [0.15, 0.2) is 0 Å². The number of carbonyl (C=O) groups excluding carboxylic acids is 1. The second-order valence-corrected chi connectivity index (χ2v) is 5.52. The lowest BCUT2D eigenvalue weighted by atomic mass is 10.1. The highest BCUT2D eigenvalue weighted by Gasteiger charge is 2.13. The number of benzene rings is 1. The normalized spacial score (nSPS) is 10.9. The van der Waals surface area contributed by atoms with E-state index in [2.05, 4.69) is 11.3 Å². The molecule has 0 aliphatic carbocycles. The van der Waals surface area contributed by atoms with Gasteiger partial charge in [0.1, 0.15) is 12.4 Å². The van der Waals surface area contributed by atoms with Crippen molar-refractivity contribution in [3.63, 3.8) is 0 Å². The van der Waals surface area contributed by atoms with Crippen molar-refractivity contribution in [1.82, 2.24) is 0 Å². The van der Waals surface area contributed by atoms with Gasteiger partial charge in [-0.2, -0.15) is 8.42 Å². The first kappa shape index (κ1) is 16.2.